The molecule has 2 heterocycles. The van der Waals surface area contributed by atoms with Gasteiger partial charge in [-0.1, -0.05) is 13.0 Å². The summed E-state index contributed by atoms with van der Waals surface area (Å²) in [6, 6.07) is 2.04. The van der Waals surface area contributed by atoms with Crippen molar-refractivity contribution < 1.29 is 0 Å². The fourth-order valence-corrected chi connectivity index (χ4v) is 1.51. The molecule has 1 aromatic heterocycles. The van der Waals surface area contributed by atoms with Gasteiger partial charge in [-0.25, -0.2) is 0 Å². The summed E-state index contributed by atoms with van der Waals surface area (Å²) in [6.45, 7) is 3.31. The normalized spacial score (nSPS) is 22.3. The summed E-state index contributed by atoms with van der Waals surface area (Å²) in [4.78, 5) is 0. The molecule has 0 fully saturated rings. The number of hydrogen-bond acceptors (Lipinski definition) is 2. The topological polar surface area (TPSA) is 29.9 Å². The first-order valence-electron chi connectivity index (χ1n) is 4.70. The lowest BCUT2D eigenvalue weighted by atomic mass is 10.0. The predicted molar refractivity (Wildman–Crippen MR) is 53.0 cm³/mol. The van der Waals surface area contributed by atoms with Crippen molar-refractivity contribution in [1.29, 1.82) is 0 Å². The van der Waals surface area contributed by atoms with Crippen LogP contribution in [0.3, 0.4) is 0 Å². The molecule has 1 N–H and O–H groups in total. The van der Waals surface area contributed by atoms with E-state index in [0.717, 1.165) is 24.6 Å². The molecule has 13 heavy (non-hydrogen) atoms. The van der Waals surface area contributed by atoms with Gasteiger partial charge in [-0.2, -0.15) is 5.10 Å². The van der Waals surface area contributed by atoms with Crippen molar-refractivity contribution in [3.8, 4) is 0 Å². The van der Waals surface area contributed by atoms with Gasteiger partial charge >= 0.3 is 0 Å². The van der Waals surface area contributed by atoms with Crippen LogP contribution in [0.4, 0.5) is 0 Å². The highest BCUT2D eigenvalue weighted by Gasteiger charge is 2.11. The minimum atomic E-state index is 0.743. The highest BCUT2D eigenvalue weighted by atomic mass is 15.3. The molecule has 1 aromatic rings. The number of aryl methyl sites for hydroxylation is 1. The largest absolute Gasteiger partial charge is 0.383 e. The van der Waals surface area contributed by atoms with Crippen molar-refractivity contribution in [2.75, 3.05) is 6.54 Å². The van der Waals surface area contributed by atoms with Crippen molar-refractivity contribution >= 4 is 5.70 Å². The number of nitrogens with zero attached hydrogens (tertiary/aromatic N) is 2. The van der Waals surface area contributed by atoms with Gasteiger partial charge in [-0.05, 0) is 18.4 Å². The maximum absolute atomic E-state index is 4.35. The Morgan fingerprint density at radius 3 is 3.00 bits per heavy atom. The first-order chi connectivity index (χ1) is 6.25. The average Bonchev–Trinajstić information content (AvgIpc) is 2.53. The van der Waals surface area contributed by atoms with Gasteiger partial charge in [-0.15, -0.1) is 0 Å². The number of nitrogens with one attached hydrogen (secondary N) is 1. The van der Waals surface area contributed by atoms with Gasteiger partial charge in [0.2, 0.25) is 0 Å². The molecule has 0 saturated carbocycles. The zero-order chi connectivity index (χ0) is 9.26. The van der Waals surface area contributed by atoms with Gasteiger partial charge < -0.3 is 5.32 Å². The fraction of sp³-hybridized carbons (Fsp3) is 0.500. The van der Waals surface area contributed by atoms with Crippen LogP contribution in [0.2, 0.25) is 0 Å². The second-order valence-corrected chi connectivity index (χ2v) is 3.71. The summed E-state index contributed by atoms with van der Waals surface area (Å²) in [5.41, 5.74) is 2.23. The predicted octanol–water partition coefficient (Wildman–Crippen LogP) is 1.39. The molecular weight excluding hydrogens is 162 g/mol. The zero-order valence-electron chi connectivity index (χ0n) is 8.12. The number of rotatable bonds is 1. The molecule has 2 rings (SSSR count). The lowest BCUT2D eigenvalue weighted by Crippen LogP contribution is -2.24. The minimum absolute atomic E-state index is 0.743. The van der Waals surface area contributed by atoms with E-state index in [1.807, 2.05) is 24.0 Å². The second-order valence-electron chi connectivity index (χ2n) is 3.71. The summed E-state index contributed by atoms with van der Waals surface area (Å²) in [7, 11) is 1.94. The molecule has 0 radical (unpaired) electrons. The molecule has 0 aliphatic carbocycles. The third kappa shape index (κ3) is 1.74. The molecule has 0 spiro atoms. The van der Waals surface area contributed by atoms with Gasteiger partial charge in [0, 0.05) is 19.8 Å². The molecule has 0 amide bonds. The van der Waals surface area contributed by atoms with Crippen LogP contribution in [0.1, 0.15) is 19.0 Å². The van der Waals surface area contributed by atoms with Crippen molar-refractivity contribution in [2.45, 2.75) is 13.3 Å². The first kappa shape index (κ1) is 8.35. The van der Waals surface area contributed by atoms with E-state index in [1.165, 1.54) is 5.70 Å². The van der Waals surface area contributed by atoms with Crippen LogP contribution < -0.4 is 5.32 Å². The van der Waals surface area contributed by atoms with Crippen molar-refractivity contribution in [2.24, 2.45) is 13.0 Å². The Hall–Kier alpha value is -1.25. The smallest absolute Gasteiger partial charge is 0.108 e. The van der Waals surface area contributed by atoms with Crippen molar-refractivity contribution in [3.63, 3.8) is 0 Å². The maximum Gasteiger partial charge on any atom is 0.108 e. The fourth-order valence-electron chi connectivity index (χ4n) is 1.51. The molecular formula is C10H15N3. The third-order valence-electron chi connectivity index (χ3n) is 2.35. The van der Waals surface area contributed by atoms with E-state index in [0.29, 0.717) is 0 Å². The Labute approximate surface area is 78.4 Å². The Morgan fingerprint density at radius 2 is 2.46 bits per heavy atom. The maximum atomic E-state index is 4.35. The van der Waals surface area contributed by atoms with Crippen LogP contribution in [-0.2, 0) is 7.05 Å². The van der Waals surface area contributed by atoms with E-state index in [1.54, 1.807) is 0 Å². The highest BCUT2D eigenvalue weighted by Crippen LogP contribution is 2.16. The molecule has 3 nitrogen and oxygen atoms in total. The molecule has 0 aromatic carbocycles. The molecule has 1 aliphatic rings. The van der Waals surface area contributed by atoms with Crippen LogP contribution in [0.5, 0.6) is 0 Å². The van der Waals surface area contributed by atoms with Crippen LogP contribution >= 0.6 is 0 Å². The van der Waals surface area contributed by atoms with Crippen LogP contribution in [0.25, 0.3) is 5.70 Å². The van der Waals surface area contributed by atoms with E-state index >= 15 is 0 Å². The number of aromatic nitrogens is 2. The molecule has 1 aliphatic heterocycles. The first-order valence-corrected chi connectivity index (χ1v) is 4.70. The molecule has 1 atom stereocenters. The van der Waals surface area contributed by atoms with Crippen LogP contribution in [-0.4, -0.2) is 16.3 Å². The van der Waals surface area contributed by atoms with E-state index in [4.69, 9.17) is 0 Å². The zero-order valence-corrected chi connectivity index (χ0v) is 8.12. The Balaban J connectivity index is 2.18. The Bertz CT molecular complexity index is 325. The van der Waals surface area contributed by atoms with Gasteiger partial charge in [0.05, 0.1) is 5.70 Å². The summed E-state index contributed by atoms with van der Waals surface area (Å²) >= 11 is 0. The van der Waals surface area contributed by atoms with Gasteiger partial charge in [-0.3, -0.25) is 4.68 Å². The second kappa shape index (κ2) is 3.24. The average molecular weight is 177 g/mol. The van der Waals surface area contributed by atoms with Crippen molar-refractivity contribution in [3.05, 3.63) is 24.0 Å². The van der Waals surface area contributed by atoms with E-state index in [9.17, 15) is 0 Å². The standard InChI is InChI=1S/C10H15N3/c1-8-3-4-9(11-7-8)10-5-6-13(2)12-10/h4-6,8,11H,3,7H2,1-2H3/t8-/m0/s1. The lowest BCUT2D eigenvalue weighted by molar-refractivity contribution is 0.548. The third-order valence-corrected chi connectivity index (χ3v) is 2.35. The molecule has 0 saturated heterocycles. The van der Waals surface area contributed by atoms with E-state index < -0.39 is 0 Å². The summed E-state index contributed by atoms with van der Waals surface area (Å²) < 4.78 is 1.83. The summed E-state index contributed by atoms with van der Waals surface area (Å²) in [5, 5.41) is 7.73. The highest BCUT2D eigenvalue weighted by molar-refractivity contribution is 5.61. The van der Waals surface area contributed by atoms with E-state index in [2.05, 4.69) is 23.4 Å². The van der Waals surface area contributed by atoms with Gasteiger partial charge in [0.25, 0.3) is 0 Å². The SMILES string of the molecule is C[C@H]1CC=C(c2ccn(C)n2)NC1. The molecule has 0 bridgehead atoms. The number of allylic oxidation sites excluding steroid dienone is 1. The minimum Gasteiger partial charge on any atom is -0.383 e. The van der Waals surface area contributed by atoms with Crippen LogP contribution in [0, 0.1) is 5.92 Å². The summed E-state index contributed by atoms with van der Waals surface area (Å²) in [5.74, 6) is 0.743. The monoisotopic (exact) mass is 177 g/mol. The van der Waals surface area contributed by atoms with Crippen molar-refractivity contribution in [1.82, 2.24) is 15.1 Å². The molecule has 0 unspecified atom stereocenters. The van der Waals surface area contributed by atoms with Gasteiger partial charge in [0.1, 0.15) is 5.69 Å². The Morgan fingerprint density at radius 1 is 1.62 bits per heavy atom. The number of hydrogen-bond donors (Lipinski definition) is 1. The molecule has 70 valence electrons. The quantitative estimate of drug-likeness (QED) is 0.702. The lowest BCUT2D eigenvalue weighted by Gasteiger charge is -2.19. The Kier molecular flexibility index (Phi) is 2.08. The molecule has 3 heteroatoms. The summed E-state index contributed by atoms with van der Waals surface area (Å²) in [6.07, 6.45) is 5.35. The van der Waals surface area contributed by atoms with Crippen LogP contribution in [0.15, 0.2) is 18.3 Å². The van der Waals surface area contributed by atoms with Gasteiger partial charge in [0.15, 0.2) is 0 Å². The van der Waals surface area contributed by atoms with E-state index in [-0.39, 0.29) is 0 Å².